The molecule has 2 aromatic rings. The van der Waals surface area contributed by atoms with Crippen LogP contribution in [0.15, 0.2) is 24.3 Å². The van der Waals surface area contributed by atoms with Gasteiger partial charge in [-0.1, -0.05) is 0 Å². The molecular formula is C17H21ClFN6O2-. The second-order valence-electron chi connectivity index (χ2n) is 6.09. The van der Waals surface area contributed by atoms with Crippen LogP contribution in [0.4, 0.5) is 27.9 Å². The Labute approximate surface area is 163 Å². The summed E-state index contributed by atoms with van der Waals surface area (Å²) in [5.74, 6) is 1.40. The second-order valence-corrected chi connectivity index (χ2v) is 6.09. The molecule has 2 aliphatic heterocycles. The van der Waals surface area contributed by atoms with E-state index < -0.39 is 0 Å². The van der Waals surface area contributed by atoms with Crippen LogP contribution in [-0.4, -0.2) is 67.6 Å². The number of nitrogens with zero attached hydrogens (tertiary/aromatic N) is 5. The van der Waals surface area contributed by atoms with Gasteiger partial charge in [0.2, 0.25) is 17.8 Å². The number of anilines is 4. The monoisotopic (exact) mass is 395 g/mol. The molecule has 0 radical (unpaired) electrons. The molecule has 2 saturated heterocycles. The zero-order chi connectivity index (χ0) is 17.8. The molecule has 0 saturated carbocycles. The van der Waals surface area contributed by atoms with E-state index in [4.69, 9.17) is 9.47 Å². The lowest BCUT2D eigenvalue weighted by Crippen LogP contribution is -3.00. The maximum atomic E-state index is 13.1. The first-order valence-corrected chi connectivity index (χ1v) is 8.72. The number of ether oxygens (including phenoxy) is 2. The van der Waals surface area contributed by atoms with Gasteiger partial charge in [0.25, 0.3) is 0 Å². The summed E-state index contributed by atoms with van der Waals surface area (Å²) in [6.45, 7) is 5.56. The van der Waals surface area contributed by atoms with E-state index in [-0.39, 0.29) is 18.2 Å². The maximum absolute atomic E-state index is 13.1. The molecule has 2 fully saturated rings. The Morgan fingerprint density at radius 2 is 1.26 bits per heavy atom. The molecule has 0 atom stereocenters. The smallest absolute Gasteiger partial charge is 0.233 e. The summed E-state index contributed by atoms with van der Waals surface area (Å²) in [6, 6.07) is 6.11. The number of aromatic nitrogens is 3. The lowest BCUT2D eigenvalue weighted by Gasteiger charge is -2.30. The minimum absolute atomic E-state index is 0. The quantitative estimate of drug-likeness (QED) is 0.665. The van der Waals surface area contributed by atoms with Crippen LogP contribution >= 0.6 is 0 Å². The second kappa shape index (κ2) is 9.12. The molecule has 4 rings (SSSR count). The van der Waals surface area contributed by atoms with Crippen LogP contribution in [0, 0.1) is 5.82 Å². The Hall–Kier alpha value is -2.23. The Kier molecular flexibility index (Phi) is 6.59. The zero-order valence-electron chi connectivity index (χ0n) is 14.8. The van der Waals surface area contributed by atoms with Crippen molar-refractivity contribution in [2.75, 3.05) is 67.7 Å². The highest BCUT2D eigenvalue weighted by atomic mass is 35.5. The number of benzene rings is 1. The number of halogens is 2. The summed E-state index contributed by atoms with van der Waals surface area (Å²) in [7, 11) is 0. The van der Waals surface area contributed by atoms with E-state index in [0.29, 0.717) is 44.3 Å². The average Bonchev–Trinajstić information content (AvgIpc) is 2.71. The molecule has 27 heavy (non-hydrogen) atoms. The van der Waals surface area contributed by atoms with Gasteiger partial charge in [0.05, 0.1) is 26.4 Å². The highest BCUT2D eigenvalue weighted by molar-refractivity contribution is 5.56. The number of morpholine rings is 2. The SMILES string of the molecule is Fc1ccc(Nc2nc(N3CCOCC3)nc(N3CCOCC3)n2)cc1.[Cl-]. The van der Waals surface area contributed by atoms with Gasteiger partial charge in [0.15, 0.2) is 0 Å². The third-order valence-electron chi connectivity index (χ3n) is 4.30. The van der Waals surface area contributed by atoms with Gasteiger partial charge < -0.3 is 37.0 Å². The Morgan fingerprint density at radius 1 is 0.778 bits per heavy atom. The molecule has 146 valence electrons. The van der Waals surface area contributed by atoms with Crippen molar-refractivity contribution in [3.05, 3.63) is 30.1 Å². The molecule has 0 spiro atoms. The summed E-state index contributed by atoms with van der Waals surface area (Å²) in [5, 5.41) is 3.15. The minimum atomic E-state index is -0.283. The topological polar surface area (TPSA) is 75.6 Å². The van der Waals surface area contributed by atoms with Crippen molar-refractivity contribution in [1.29, 1.82) is 0 Å². The Morgan fingerprint density at radius 3 is 1.74 bits per heavy atom. The molecule has 1 aromatic carbocycles. The lowest BCUT2D eigenvalue weighted by molar-refractivity contribution is -0.00000756. The van der Waals surface area contributed by atoms with E-state index in [0.717, 1.165) is 31.9 Å². The van der Waals surface area contributed by atoms with Crippen LogP contribution in [0.1, 0.15) is 0 Å². The van der Waals surface area contributed by atoms with E-state index in [2.05, 4.69) is 30.1 Å². The fourth-order valence-electron chi connectivity index (χ4n) is 2.88. The van der Waals surface area contributed by atoms with Crippen molar-refractivity contribution in [3.8, 4) is 0 Å². The molecule has 1 N–H and O–H groups in total. The molecule has 1 aromatic heterocycles. The van der Waals surface area contributed by atoms with Gasteiger partial charge in [-0.25, -0.2) is 4.39 Å². The number of nitrogens with one attached hydrogen (secondary N) is 1. The van der Waals surface area contributed by atoms with Crippen LogP contribution in [0.3, 0.4) is 0 Å². The van der Waals surface area contributed by atoms with Crippen molar-refractivity contribution in [2.24, 2.45) is 0 Å². The third kappa shape index (κ3) is 4.94. The first-order valence-electron chi connectivity index (χ1n) is 8.72. The Balaban J connectivity index is 0.00000210. The van der Waals surface area contributed by atoms with Crippen molar-refractivity contribution in [3.63, 3.8) is 0 Å². The highest BCUT2D eigenvalue weighted by Gasteiger charge is 2.20. The molecule has 2 aliphatic rings. The largest absolute Gasteiger partial charge is 1.00 e. The molecule has 0 bridgehead atoms. The Bertz CT molecular complexity index is 702. The fraction of sp³-hybridized carbons (Fsp3) is 0.471. The van der Waals surface area contributed by atoms with E-state index in [1.165, 1.54) is 12.1 Å². The highest BCUT2D eigenvalue weighted by Crippen LogP contribution is 2.21. The molecule has 8 nitrogen and oxygen atoms in total. The summed E-state index contributed by atoms with van der Waals surface area (Å²) in [6.07, 6.45) is 0. The molecule has 10 heteroatoms. The van der Waals surface area contributed by atoms with Crippen molar-refractivity contribution in [2.45, 2.75) is 0 Å². The van der Waals surface area contributed by atoms with Gasteiger partial charge in [-0.3, -0.25) is 0 Å². The van der Waals surface area contributed by atoms with Gasteiger partial charge in [-0.15, -0.1) is 0 Å². The van der Waals surface area contributed by atoms with Crippen LogP contribution in [0.2, 0.25) is 0 Å². The molecule has 0 amide bonds. The summed E-state index contributed by atoms with van der Waals surface area (Å²) in [4.78, 5) is 17.9. The fourth-order valence-corrected chi connectivity index (χ4v) is 2.88. The van der Waals surface area contributed by atoms with Crippen LogP contribution < -0.4 is 27.5 Å². The van der Waals surface area contributed by atoms with E-state index in [1.54, 1.807) is 12.1 Å². The van der Waals surface area contributed by atoms with Crippen molar-refractivity contribution in [1.82, 2.24) is 15.0 Å². The van der Waals surface area contributed by atoms with Gasteiger partial charge in [0, 0.05) is 31.9 Å². The van der Waals surface area contributed by atoms with Crippen LogP contribution in [-0.2, 0) is 9.47 Å². The van der Waals surface area contributed by atoms with Gasteiger partial charge in [0.1, 0.15) is 5.82 Å². The van der Waals surface area contributed by atoms with Crippen molar-refractivity contribution >= 4 is 23.5 Å². The van der Waals surface area contributed by atoms with Crippen LogP contribution in [0.5, 0.6) is 0 Å². The maximum Gasteiger partial charge on any atom is 0.233 e. The normalized spacial score (nSPS) is 17.4. The zero-order valence-corrected chi connectivity index (χ0v) is 15.5. The first-order chi connectivity index (χ1) is 12.8. The third-order valence-corrected chi connectivity index (χ3v) is 4.30. The molecule has 0 aliphatic carbocycles. The molecule has 3 heterocycles. The van der Waals surface area contributed by atoms with Gasteiger partial charge >= 0.3 is 0 Å². The average molecular weight is 396 g/mol. The predicted octanol–water partition coefficient (Wildman–Crippen LogP) is -1.57. The standard InChI is InChI=1S/C17H21FN6O2.ClH/c18-13-1-3-14(4-2-13)19-15-20-16(23-5-9-25-10-6-23)22-17(21-15)24-7-11-26-12-8-24;/h1-4H,5-12H2,(H,19,20,21,22);1H/p-1. The summed E-state index contributed by atoms with van der Waals surface area (Å²) in [5.41, 5.74) is 0.721. The lowest BCUT2D eigenvalue weighted by atomic mass is 10.3. The number of hydrogen-bond acceptors (Lipinski definition) is 8. The van der Waals surface area contributed by atoms with Gasteiger partial charge in [-0.05, 0) is 24.3 Å². The van der Waals surface area contributed by atoms with Crippen molar-refractivity contribution < 1.29 is 26.3 Å². The van der Waals surface area contributed by atoms with E-state index in [1.807, 2.05) is 0 Å². The summed E-state index contributed by atoms with van der Waals surface area (Å²) >= 11 is 0. The van der Waals surface area contributed by atoms with E-state index >= 15 is 0 Å². The summed E-state index contributed by atoms with van der Waals surface area (Å²) < 4.78 is 24.0. The minimum Gasteiger partial charge on any atom is -1.00 e. The van der Waals surface area contributed by atoms with E-state index in [9.17, 15) is 4.39 Å². The predicted molar refractivity (Wildman–Crippen MR) is 95.6 cm³/mol. The van der Waals surface area contributed by atoms with Gasteiger partial charge in [-0.2, -0.15) is 15.0 Å². The molecule has 0 unspecified atom stereocenters. The number of rotatable bonds is 4. The number of hydrogen-bond donors (Lipinski definition) is 1. The molecular weight excluding hydrogens is 375 g/mol. The first kappa shape index (κ1) is 19.5. The van der Waals surface area contributed by atoms with Crippen LogP contribution in [0.25, 0.3) is 0 Å².